The van der Waals surface area contributed by atoms with E-state index in [2.05, 4.69) is 0 Å². The van der Waals surface area contributed by atoms with Crippen molar-refractivity contribution in [3.63, 3.8) is 0 Å². The summed E-state index contributed by atoms with van der Waals surface area (Å²) in [5, 5.41) is -0.237. The van der Waals surface area contributed by atoms with Crippen LogP contribution in [0.1, 0.15) is 32.1 Å². The van der Waals surface area contributed by atoms with Crippen LogP contribution >= 0.6 is 33.2 Å². The number of carbonyl (C=O) groups excluding carboxylic acids is 1. The molecule has 0 aromatic rings. The van der Waals surface area contributed by atoms with Crippen molar-refractivity contribution in [1.82, 2.24) is 0 Å². The third kappa shape index (κ3) is 4.58. The smallest absolute Gasteiger partial charge is 0.221 e. The molecule has 2 nitrogen and oxygen atoms in total. The van der Waals surface area contributed by atoms with E-state index in [1.54, 1.807) is 10.8 Å². The van der Waals surface area contributed by atoms with Gasteiger partial charge in [0.15, 0.2) is 0 Å². The van der Waals surface area contributed by atoms with Crippen molar-refractivity contribution < 1.29 is 4.79 Å². The molecule has 1 saturated heterocycles. The van der Waals surface area contributed by atoms with E-state index in [1.165, 1.54) is 0 Å². The minimum atomic E-state index is -0.237. The second-order valence-corrected chi connectivity index (χ2v) is 6.53. The van der Waals surface area contributed by atoms with Gasteiger partial charge in [-0.1, -0.05) is 28.0 Å². The molecule has 1 aliphatic rings. The molecular formula is C8H14ClNOS2. The van der Waals surface area contributed by atoms with Gasteiger partial charge in [0, 0.05) is 12.2 Å². The lowest BCUT2D eigenvalue weighted by Crippen LogP contribution is -2.32. The summed E-state index contributed by atoms with van der Waals surface area (Å²) < 4.78 is 0. The summed E-state index contributed by atoms with van der Waals surface area (Å²) in [4.78, 5) is 10.4. The fourth-order valence-corrected chi connectivity index (χ4v) is 4.42. The molecule has 2 N–H and O–H groups in total. The number of rotatable bonds is 5. The van der Waals surface area contributed by atoms with Crippen LogP contribution in [0.15, 0.2) is 0 Å². The summed E-state index contributed by atoms with van der Waals surface area (Å²) in [6.07, 6.45) is 4.43. The van der Waals surface area contributed by atoms with E-state index in [0.29, 0.717) is 6.42 Å². The second kappa shape index (κ2) is 5.49. The molecular weight excluding hydrogens is 226 g/mol. The molecule has 76 valence electrons. The maximum Gasteiger partial charge on any atom is 0.221 e. The molecule has 0 aromatic carbocycles. The fraction of sp³-hybridized carbons (Fsp3) is 0.875. The first-order chi connectivity index (χ1) is 6.12. The first kappa shape index (κ1) is 11.7. The Labute approximate surface area is 91.7 Å². The van der Waals surface area contributed by atoms with Gasteiger partial charge in [0.25, 0.3) is 0 Å². The molecule has 1 rings (SSSR count). The highest BCUT2D eigenvalue weighted by Crippen LogP contribution is 2.45. The van der Waals surface area contributed by atoms with Gasteiger partial charge in [-0.2, -0.15) is 0 Å². The van der Waals surface area contributed by atoms with Crippen LogP contribution in [0.5, 0.6) is 0 Å². The summed E-state index contributed by atoms with van der Waals surface area (Å²) in [5.74, 6) is 1.15. The summed E-state index contributed by atoms with van der Waals surface area (Å²) in [6.45, 7) is 0. The highest BCUT2D eigenvalue weighted by Gasteiger charge is 2.30. The second-order valence-electron chi connectivity index (χ2n) is 3.28. The average Bonchev–Trinajstić information content (AvgIpc) is 2.47. The van der Waals surface area contributed by atoms with Crippen molar-refractivity contribution in [3.8, 4) is 0 Å². The van der Waals surface area contributed by atoms with E-state index in [4.69, 9.17) is 17.3 Å². The quantitative estimate of drug-likeness (QED) is 0.455. The first-order valence-electron chi connectivity index (χ1n) is 4.40. The predicted molar refractivity (Wildman–Crippen MR) is 60.9 cm³/mol. The minimum absolute atomic E-state index is 0.0416. The fourth-order valence-electron chi connectivity index (χ4n) is 1.27. The standard InChI is InChI=1S/C8H14ClNOS2/c9-7(11)3-1-2-4-8(10)5-6-12-13-8/h1-6,10H2/t8-/m1/s1. The highest BCUT2D eigenvalue weighted by atomic mass is 35.5. The van der Waals surface area contributed by atoms with Gasteiger partial charge in [-0.15, -0.1) is 0 Å². The van der Waals surface area contributed by atoms with Crippen LogP contribution in [0.2, 0.25) is 0 Å². The van der Waals surface area contributed by atoms with Crippen LogP contribution < -0.4 is 5.73 Å². The van der Waals surface area contributed by atoms with Crippen LogP contribution in [0.25, 0.3) is 0 Å². The topological polar surface area (TPSA) is 43.1 Å². The van der Waals surface area contributed by atoms with E-state index in [1.807, 2.05) is 10.8 Å². The molecule has 13 heavy (non-hydrogen) atoms. The number of hydrogen-bond acceptors (Lipinski definition) is 4. The lowest BCUT2D eigenvalue weighted by Gasteiger charge is -2.20. The average molecular weight is 240 g/mol. The van der Waals surface area contributed by atoms with Gasteiger partial charge < -0.3 is 5.73 Å². The zero-order valence-corrected chi connectivity index (χ0v) is 9.81. The van der Waals surface area contributed by atoms with Gasteiger partial charge in [0.05, 0.1) is 4.87 Å². The van der Waals surface area contributed by atoms with Gasteiger partial charge in [0.1, 0.15) is 0 Å². The number of nitrogens with two attached hydrogens (primary N) is 1. The van der Waals surface area contributed by atoms with E-state index in [9.17, 15) is 4.79 Å². The number of carbonyl (C=O) groups is 1. The third-order valence-corrected chi connectivity index (χ3v) is 5.32. The molecule has 0 radical (unpaired) electrons. The molecule has 1 atom stereocenters. The normalized spacial score (nSPS) is 27.8. The Hall–Kier alpha value is 0.620. The van der Waals surface area contributed by atoms with Crippen molar-refractivity contribution in [1.29, 1.82) is 0 Å². The molecule has 0 aliphatic carbocycles. The monoisotopic (exact) mass is 239 g/mol. The van der Waals surface area contributed by atoms with Gasteiger partial charge in [0.2, 0.25) is 5.24 Å². The van der Waals surface area contributed by atoms with Gasteiger partial charge in [-0.3, -0.25) is 4.79 Å². The van der Waals surface area contributed by atoms with Crippen molar-refractivity contribution in [2.45, 2.75) is 37.0 Å². The maximum atomic E-state index is 10.4. The Morgan fingerprint density at radius 1 is 1.54 bits per heavy atom. The molecule has 1 heterocycles. The largest absolute Gasteiger partial charge is 0.316 e. The van der Waals surface area contributed by atoms with Gasteiger partial charge >= 0.3 is 0 Å². The van der Waals surface area contributed by atoms with E-state index >= 15 is 0 Å². The van der Waals surface area contributed by atoms with Crippen LogP contribution in [-0.2, 0) is 4.79 Å². The highest BCUT2D eigenvalue weighted by molar-refractivity contribution is 8.77. The van der Waals surface area contributed by atoms with Crippen LogP contribution in [-0.4, -0.2) is 15.9 Å². The van der Waals surface area contributed by atoms with Crippen molar-refractivity contribution >= 4 is 38.4 Å². The van der Waals surface area contributed by atoms with Crippen molar-refractivity contribution in [2.75, 3.05) is 5.75 Å². The maximum absolute atomic E-state index is 10.4. The molecule has 5 heteroatoms. The Morgan fingerprint density at radius 3 is 2.85 bits per heavy atom. The molecule has 1 aliphatic heterocycles. The molecule has 0 amide bonds. The molecule has 0 saturated carbocycles. The van der Waals surface area contributed by atoms with Gasteiger partial charge in [-0.05, 0) is 30.9 Å². The lowest BCUT2D eigenvalue weighted by molar-refractivity contribution is -0.111. The minimum Gasteiger partial charge on any atom is -0.316 e. The summed E-state index contributed by atoms with van der Waals surface area (Å²) in [7, 11) is 3.62. The number of halogens is 1. The Morgan fingerprint density at radius 2 is 2.31 bits per heavy atom. The van der Waals surface area contributed by atoms with Gasteiger partial charge in [-0.25, -0.2) is 0 Å². The number of hydrogen-bond donors (Lipinski definition) is 1. The SMILES string of the molecule is N[C@@]1(CCCCC(=O)Cl)CCSS1. The zero-order chi connectivity index (χ0) is 9.73. The molecule has 1 fully saturated rings. The molecule has 0 aromatic heterocycles. The Bertz CT molecular complexity index is 183. The molecule has 0 spiro atoms. The van der Waals surface area contributed by atoms with Crippen molar-refractivity contribution in [3.05, 3.63) is 0 Å². The number of unbranched alkanes of at least 4 members (excludes halogenated alkanes) is 1. The lowest BCUT2D eigenvalue weighted by atomic mass is 10.1. The van der Waals surface area contributed by atoms with Crippen LogP contribution in [0.4, 0.5) is 0 Å². The predicted octanol–water partition coefficient (Wildman–Crippen LogP) is 2.75. The summed E-state index contributed by atoms with van der Waals surface area (Å²) in [6, 6.07) is 0. The van der Waals surface area contributed by atoms with E-state index in [-0.39, 0.29) is 10.1 Å². The third-order valence-electron chi connectivity index (χ3n) is 2.06. The van der Waals surface area contributed by atoms with Crippen LogP contribution in [0, 0.1) is 0 Å². The van der Waals surface area contributed by atoms with Crippen molar-refractivity contribution in [2.24, 2.45) is 5.73 Å². The summed E-state index contributed by atoms with van der Waals surface area (Å²) in [5.41, 5.74) is 6.10. The Balaban J connectivity index is 2.07. The molecule has 0 unspecified atom stereocenters. The Kier molecular flexibility index (Phi) is 4.94. The van der Waals surface area contributed by atoms with Crippen LogP contribution in [0.3, 0.4) is 0 Å². The zero-order valence-electron chi connectivity index (χ0n) is 7.42. The molecule has 0 bridgehead atoms. The summed E-state index contributed by atoms with van der Waals surface area (Å²) >= 11 is 5.23. The van der Waals surface area contributed by atoms with E-state index < -0.39 is 0 Å². The first-order valence-corrected chi connectivity index (χ1v) is 7.10. The van der Waals surface area contributed by atoms with E-state index in [0.717, 1.165) is 31.4 Å².